The minimum atomic E-state index is 0.506. The molecule has 0 N–H and O–H groups in total. The number of hydrogen-bond donors (Lipinski definition) is 0. The molecule has 0 unspecified atom stereocenters. The molecule has 23 rings (SSSR count). The number of nitrogens with zero attached hydrogens (tertiary/aromatic N) is 8. The molecule has 0 saturated heterocycles. The summed E-state index contributed by atoms with van der Waals surface area (Å²) in [6.45, 7) is 26.9. The second-order valence-corrected chi connectivity index (χ2v) is 43.6. The molecule has 736 valence electrons. The lowest BCUT2D eigenvalue weighted by atomic mass is 9.71. The van der Waals surface area contributed by atoms with Crippen molar-refractivity contribution in [1.82, 2.24) is 0 Å². The van der Waals surface area contributed by atoms with Gasteiger partial charge in [0.2, 0.25) is 22.8 Å². The molecular weight excluding hydrogens is 1790 g/mol. The molecule has 2 saturated carbocycles. The van der Waals surface area contributed by atoms with Gasteiger partial charge in [-0.25, -0.2) is 0 Å². The molecule has 2 fully saturated rings. The maximum atomic E-state index is 2.45. The monoisotopic (exact) mass is 1940 g/mol. The predicted molar refractivity (Wildman–Crippen MR) is 611 cm³/mol. The maximum absolute atomic E-state index is 2.45. The lowest BCUT2D eigenvalue weighted by Crippen LogP contribution is -2.40. The molecule has 0 spiro atoms. The molecule has 0 radical (unpaired) electrons. The van der Waals surface area contributed by atoms with E-state index in [-0.39, 0.29) is 0 Å². The maximum Gasteiger partial charge on any atom is 0.285 e. The van der Waals surface area contributed by atoms with E-state index in [4.69, 9.17) is 0 Å². The van der Waals surface area contributed by atoms with Crippen molar-refractivity contribution in [2.75, 3.05) is 0 Å². The van der Waals surface area contributed by atoms with Crippen LogP contribution in [0.1, 0.15) is 172 Å². The number of fused-ring (bicyclic) bond motifs is 6. The summed E-state index contributed by atoms with van der Waals surface area (Å²) in [4.78, 5) is 0. The molecule has 8 aromatic heterocycles. The molecule has 148 heavy (non-hydrogen) atoms. The van der Waals surface area contributed by atoms with Crippen molar-refractivity contribution in [1.29, 1.82) is 0 Å². The Morgan fingerprint density at radius 1 is 0.209 bits per heavy atom. The first-order valence-corrected chi connectivity index (χ1v) is 53.5. The Labute approximate surface area is 879 Å². The van der Waals surface area contributed by atoms with Crippen molar-refractivity contribution >= 4 is 0 Å². The summed E-state index contributed by atoms with van der Waals surface area (Å²) in [6.07, 6.45) is 22.8. The number of aromatic nitrogens is 8. The van der Waals surface area contributed by atoms with E-state index in [1.54, 1.807) is 0 Å². The zero-order valence-electron chi connectivity index (χ0n) is 90.7. The molecule has 4 aliphatic rings. The highest BCUT2D eigenvalue weighted by Gasteiger charge is 2.39. The van der Waals surface area contributed by atoms with E-state index in [0.29, 0.717) is 11.3 Å². The van der Waals surface area contributed by atoms with Gasteiger partial charge in [-0.3, -0.25) is 0 Å². The van der Waals surface area contributed by atoms with E-state index >= 15 is 0 Å². The Morgan fingerprint density at radius 2 is 0.622 bits per heavy atom. The predicted octanol–water partition coefficient (Wildman–Crippen LogP) is 30.0. The molecule has 0 amide bonds. The number of aryl methyl sites for hydroxylation is 14. The molecule has 0 aliphatic heterocycles. The fraction of sp³-hybridized carbons (Fsp3) is 0.243. The number of hydrogen-bond acceptors (Lipinski definition) is 0. The summed E-state index contributed by atoms with van der Waals surface area (Å²) in [5.74, 6) is 1.45. The second kappa shape index (κ2) is 42.6. The molecular formula is C140H144N8+8. The van der Waals surface area contributed by atoms with Crippen LogP contribution in [0.25, 0.3) is 168 Å². The van der Waals surface area contributed by atoms with Gasteiger partial charge >= 0.3 is 0 Å². The van der Waals surface area contributed by atoms with Gasteiger partial charge in [0.1, 0.15) is 56.4 Å². The van der Waals surface area contributed by atoms with E-state index in [1.807, 2.05) is 0 Å². The molecule has 11 aromatic carbocycles. The Hall–Kier alpha value is -15.4. The van der Waals surface area contributed by atoms with Crippen LogP contribution < -0.4 is 36.5 Å². The summed E-state index contributed by atoms with van der Waals surface area (Å²) in [7, 11) is 17.3. The second-order valence-electron chi connectivity index (χ2n) is 43.6. The van der Waals surface area contributed by atoms with Crippen molar-refractivity contribution in [2.45, 2.75) is 166 Å². The van der Waals surface area contributed by atoms with E-state index in [2.05, 4.69) is 541 Å². The Morgan fingerprint density at radius 3 is 1.17 bits per heavy atom. The van der Waals surface area contributed by atoms with Crippen LogP contribution in [0.2, 0.25) is 0 Å². The quantitative estimate of drug-likeness (QED) is 0.0916. The average molecular weight is 1940 g/mol. The van der Waals surface area contributed by atoms with Crippen molar-refractivity contribution < 1.29 is 36.5 Å². The smallest absolute Gasteiger partial charge is 0.196 e. The molecule has 8 heteroatoms. The Balaban J connectivity index is 0.000000120. The molecule has 4 aliphatic carbocycles. The zero-order chi connectivity index (χ0) is 103. The summed E-state index contributed by atoms with van der Waals surface area (Å²) >= 11 is 0. The van der Waals surface area contributed by atoms with E-state index in [9.17, 15) is 0 Å². The largest absolute Gasteiger partial charge is 0.285 e. The topological polar surface area (TPSA) is 31.0 Å². The third-order valence-corrected chi connectivity index (χ3v) is 32.7. The van der Waals surface area contributed by atoms with Gasteiger partial charge in [-0.1, -0.05) is 257 Å². The van der Waals surface area contributed by atoms with Crippen LogP contribution in [0.5, 0.6) is 0 Å². The van der Waals surface area contributed by atoms with Gasteiger partial charge in [0.15, 0.2) is 24.8 Å². The van der Waals surface area contributed by atoms with E-state index in [1.165, 1.54) is 315 Å². The van der Waals surface area contributed by atoms with Crippen molar-refractivity contribution in [2.24, 2.45) is 61.8 Å². The van der Waals surface area contributed by atoms with Gasteiger partial charge < -0.3 is 0 Å². The van der Waals surface area contributed by atoms with Gasteiger partial charge in [0.25, 0.3) is 45.6 Å². The molecule has 0 atom stereocenters. The summed E-state index contributed by atoms with van der Waals surface area (Å²) in [5, 5.41) is 0. The normalized spacial score (nSPS) is 13.4. The SMILES string of the molecule is Cc1cc(-c2ccccc2C)[n+](C)c(-c2cc(-c3ccc(C4CCC(C)(C)CC4)cc3C)cc[n+]2C)c1.Cc1ccc(-c2ccc3c(c2)Cc2cc(-c4ccccc4C)[n+](C)c(-c4cccc[n+]4C)c2-3)cc1.Cc1ccc(-c2ccc3c(c2)Cc2cc[n+](C)c(-c4cccc(-c5ccccc5C)[n+]4C)c2-3)cc1.Cc1ccccc1-c1cccc(-c2cc(-c3c(C)cc(-c4ccc(C5CCCCC5)cc4)cc3C)cc[n+]2C)[n+]1C. The number of pyridine rings is 8. The van der Waals surface area contributed by atoms with E-state index < -0.39 is 0 Å². The van der Waals surface area contributed by atoms with Crippen molar-refractivity contribution in [3.8, 4) is 168 Å². The third-order valence-electron chi connectivity index (χ3n) is 32.7. The number of rotatable bonds is 15. The standard InChI is InChI=1S/C39H42N2.C35H42N2.2C33H30N2/c1-27-12-9-10-15-35(27)36-16-11-17-37(41(36)5)38-26-33(22-23-40(38)4)39-28(2)24-34(25-29(39)3)32-20-18-31(19-21-32)30-13-7-6-8-14-30;1-24-20-32(31-11-9-8-10-25(31)2)37(7)34(21-24)33-23-29(16-19-36(33)6)30-13-12-28(22-26(30)3)27-14-17-35(4,5)18-15-27;1-22-12-14-24(15-13-22)25-16-17-29-26(19-25)20-27-21-31(28-10-6-5-9-23(28)2)35(4)33(32(27)29)30-11-7-8-18-34(30)3;1-22-12-14-24(15-13-22)25-16-17-29-27(20-25)21-26-18-19-34(3)33(32(26)29)31-11-7-10-30(35(31)4)28-9-6-5-8-23(28)2/h9-12,15-26,30H,6-8,13-14H2,1-5H3;8-13,16,19-23,27H,14-15,17-18H2,1-7H3;5-19,21H,20H2,1-4H3;5-20H,21H2,1-4H3/q4*+2. The first-order chi connectivity index (χ1) is 71.5. The van der Waals surface area contributed by atoms with Crippen molar-refractivity contribution in [3.05, 3.63) is 454 Å². The molecule has 8 heterocycles. The van der Waals surface area contributed by atoms with Gasteiger partial charge in [0, 0.05) is 107 Å². The zero-order valence-corrected chi connectivity index (χ0v) is 90.7. The summed E-state index contributed by atoms with van der Waals surface area (Å²) in [5.41, 5.74) is 60.4. The Bertz CT molecular complexity index is 8250. The minimum absolute atomic E-state index is 0.506. The van der Waals surface area contributed by atoms with Crippen molar-refractivity contribution in [3.63, 3.8) is 0 Å². The summed E-state index contributed by atoms with van der Waals surface area (Å²) in [6, 6.07) is 126. The highest BCUT2D eigenvalue weighted by atomic mass is 15.0. The molecule has 0 bridgehead atoms. The van der Waals surface area contributed by atoms with Crippen LogP contribution in [0.3, 0.4) is 0 Å². The van der Waals surface area contributed by atoms with E-state index in [0.717, 1.165) is 18.8 Å². The summed E-state index contributed by atoms with van der Waals surface area (Å²) < 4.78 is 18.4. The fourth-order valence-electron chi connectivity index (χ4n) is 24.1. The molecule has 8 nitrogen and oxygen atoms in total. The van der Waals surface area contributed by atoms with Gasteiger partial charge in [0.05, 0.1) is 11.1 Å². The van der Waals surface area contributed by atoms with Gasteiger partial charge in [-0.05, 0) is 325 Å². The highest BCUT2D eigenvalue weighted by molar-refractivity contribution is 5.90. The van der Waals surface area contributed by atoms with Crippen LogP contribution in [0.4, 0.5) is 0 Å². The number of benzene rings is 11. The lowest BCUT2D eigenvalue weighted by molar-refractivity contribution is -0.685. The highest BCUT2D eigenvalue weighted by Crippen LogP contribution is 2.49. The fourth-order valence-corrected chi connectivity index (χ4v) is 24.1. The van der Waals surface area contributed by atoms with Crippen LogP contribution in [-0.2, 0) is 69.2 Å². The first kappa shape index (κ1) is 99.9. The first-order valence-electron chi connectivity index (χ1n) is 53.5. The Kier molecular flexibility index (Phi) is 28.8. The lowest BCUT2D eigenvalue weighted by Gasteiger charge is -2.34. The van der Waals surface area contributed by atoms with Crippen LogP contribution in [0.15, 0.2) is 365 Å². The van der Waals surface area contributed by atoms with Gasteiger partial charge in [-0.2, -0.15) is 36.5 Å². The molecule has 19 aromatic rings. The average Bonchev–Trinajstić information content (AvgIpc) is 1.53. The van der Waals surface area contributed by atoms with Crippen LogP contribution in [0, 0.1) is 74.7 Å². The third kappa shape index (κ3) is 20.4. The van der Waals surface area contributed by atoms with Crippen LogP contribution >= 0.6 is 0 Å². The van der Waals surface area contributed by atoms with Crippen LogP contribution in [-0.4, -0.2) is 0 Å². The minimum Gasteiger partial charge on any atom is -0.196 e. The van der Waals surface area contributed by atoms with Gasteiger partial charge in [-0.15, -0.1) is 0 Å².